The van der Waals surface area contributed by atoms with E-state index in [1.54, 1.807) is 0 Å². The first-order valence-corrected chi connectivity index (χ1v) is 8.17. The molecule has 0 bridgehead atoms. The molecule has 1 aromatic heterocycles. The molecule has 0 atom stereocenters. The van der Waals surface area contributed by atoms with Gasteiger partial charge in [-0.3, -0.25) is 4.79 Å². The molecule has 0 radical (unpaired) electrons. The van der Waals surface area contributed by atoms with E-state index < -0.39 is 0 Å². The molecule has 0 unspecified atom stereocenters. The molecule has 0 fully saturated rings. The van der Waals surface area contributed by atoms with Crippen molar-refractivity contribution in [2.24, 2.45) is 0 Å². The second-order valence-corrected chi connectivity index (χ2v) is 6.18. The largest absolute Gasteiger partial charge is 0.397 e. The molecule has 1 heterocycles. The van der Waals surface area contributed by atoms with Crippen LogP contribution >= 0.6 is 11.3 Å². The molecule has 4 nitrogen and oxygen atoms in total. The van der Waals surface area contributed by atoms with E-state index in [9.17, 15) is 4.79 Å². The molecule has 0 spiro atoms. The van der Waals surface area contributed by atoms with Crippen molar-refractivity contribution >= 4 is 33.0 Å². The number of amides is 1. The van der Waals surface area contributed by atoms with Gasteiger partial charge in [0.1, 0.15) is 4.88 Å². The first-order chi connectivity index (χ1) is 10.1. The van der Waals surface area contributed by atoms with E-state index in [-0.39, 0.29) is 5.91 Å². The molecule has 0 aliphatic carbocycles. The fraction of sp³-hybridized carbons (Fsp3) is 0.438. The smallest absolute Gasteiger partial charge is 0.263 e. The fourth-order valence-electron chi connectivity index (χ4n) is 2.34. The van der Waals surface area contributed by atoms with Crippen LogP contribution in [0.2, 0.25) is 0 Å². The summed E-state index contributed by atoms with van der Waals surface area (Å²) in [5, 5.41) is 3.94. The van der Waals surface area contributed by atoms with Gasteiger partial charge in [0.05, 0.1) is 5.69 Å². The number of anilines is 1. The number of likely N-dealkylation sites (N-methyl/N-ethyl adjacent to an activating group) is 1. The number of nitrogen functional groups attached to an aromatic ring is 1. The number of thiophene rings is 1. The van der Waals surface area contributed by atoms with Gasteiger partial charge in [-0.25, -0.2) is 0 Å². The Morgan fingerprint density at radius 1 is 1.33 bits per heavy atom. The van der Waals surface area contributed by atoms with E-state index in [0.29, 0.717) is 17.1 Å². The molecule has 21 heavy (non-hydrogen) atoms. The van der Waals surface area contributed by atoms with Crippen LogP contribution in [0.15, 0.2) is 18.2 Å². The first kappa shape index (κ1) is 15.8. The van der Waals surface area contributed by atoms with Gasteiger partial charge in [0.15, 0.2) is 0 Å². The molecular formula is C16H23N3OS. The lowest BCUT2D eigenvalue weighted by Crippen LogP contribution is -2.34. The third kappa shape index (κ3) is 3.54. The molecule has 2 aromatic rings. The number of nitrogens with two attached hydrogens (primary N) is 1. The van der Waals surface area contributed by atoms with Crippen molar-refractivity contribution in [2.75, 3.05) is 31.9 Å². The summed E-state index contributed by atoms with van der Waals surface area (Å²) >= 11 is 1.47. The predicted molar refractivity (Wildman–Crippen MR) is 91.1 cm³/mol. The number of fused-ring (bicyclic) bond motifs is 1. The van der Waals surface area contributed by atoms with Crippen LogP contribution in [0.3, 0.4) is 0 Å². The van der Waals surface area contributed by atoms with E-state index in [2.05, 4.69) is 30.1 Å². The molecule has 0 saturated heterocycles. The van der Waals surface area contributed by atoms with Crippen LogP contribution < -0.4 is 11.1 Å². The quantitative estimate of drug-likeness (QED) is 0.863. The molecule has 1 amide bonds. The molecule has 0 aliphatic rings. The third-order valence-corrected chi connectivity index (χ3v) is 4.87. The molecule has 5 heteroatoms. The van der Waals surface area contributed by atoms with Crippen molar-refractivity contribution in [1.29, 1.82) is 0 Å². The zero-order valence-electron chi connectivity index (χ0n) is 12.9. The van der Waals surface area contributed by atoms with Crippen LogP contribution in [0.1, 0.15) is 29.1 Å². The zero-order valence-corrected chi connectivity index (χ0v) is 13.7. The maximum absolute atomic E-state index is 12.3. The normalized spacial score (nSPS) is 11.2. The lowest BCUT2D eigenvalue weighted by molar-refractivity contribution is 0.0954. The lowest BCUT2D eigenvalue weighted by atomic mass is 10.1. The number of hydrogen-bond acceptors (Lipinski definition) is 4. The second kappa shape index (κ2) is 6.91. The predicted octanol–water partition coefficient (Wildman–Crippen LogP) is 2.86. The van der Waals surface area contributed by atoms with Gasteiger partial charge in [0, 0.05) is 23.2 Å². The Bertz CT molecular complexity index is 632. The summed E-state index contributed by atoms with van der Waals surface area (Å²) in [6, 6.07) is 6.08. The Hall–Kier alpha value is -1.59. The average Bonchev–Trinajstić information content (AvgIpc) is 2.80. The number of nitrogens with one attached hydrogen (secondary N) is 1. The summed E-state index contributed by atoms with van der Waals surface area (Å²) in [5.74, 6) is -0.0708. The average molecular weight is 305 g/mol. The molecular weight excluding hydrogens is 282 g/mol. The minimum Gasteiger partial charge on any atom is -0.397 e. The first-order valence-electron chi connectivity index (χ1n) is 7.36. The van der Waals surface area contributed by atoms with E-state index in [0.717, 1.165) is 29.7 Å². The maximum Gasteiger partial charge on any atom is 0.263 e. The molecule has 1 aromatic carbocycles. The highest BCUT2D eigenvalue weighted by molar-refractivity contribution is 7.21. The Morgan fingerprint density at radius 3 is 2.71 bits per heavy atom. The van der Waals surface area contributed by atoms with Gasteiger partial charge in [0.2, 0.25) is 0 Å². The van der Waals surface area contributed by atoms with Crippen molar-refractivity contribution in [3.05, 3.63) is 28.6 Å². The molecule has 3 N–H and O–H groups in total. The summed E-state index contributed by atoms with van der Waals surface area (Å²) in [7, 11) is 0. The highest BCUT2D eigenvalue weighted by Gasteiger charge is 2.16. The van der Waals surface area contributed by atoms with Crippen molar-refractivity contribution < 1.29 is 4.79 Å². The standard InChI is InChI=1S/C16H23N3OS/c1-4-19(5-2)9-8-18-16(20)15-14(17)12-7-6-11(3)10-13(12)21-15/h6-7,10H,4-5,8-9,17H2,1-3H3,(H,18,20). The van der Waals surface area contributed by atoms with Crippen molar-refractivity contribution in [3.63, 3.8) is 0 Å². The number of benzene rings is 1. The highest BCUT2D eigenvalue weighted by atomic mass is 32.1. The summed E-state index contributed by atoms with van der Waals surface area (Å²) in [6.07, 6.45) is 0. The molecule has 0 saturated carbocycles. The Morgan fingerprint density at radius 2 is 2.05 bits per heavy atom. The van der Waals surface area contributed by atoms with Crippen molar-refractivity contribution in [1.82, 2.24) is 10.2 Å². The number of carbonyl (C=O) groups is 1. The fourth-order valence-corrected chi connectivity index (χ4v) is 3.48. The van der Waals surface area contributed by atoms with Gasteiger partial charge >= 0.3 is 0 Å². The Kier molecular flexibility index (Phi) is 5.20. The van der Waals surface area contributed by atoms with Gasteiger partial charge in [-0.05, 0) is 31.6 Å². The van der Waals surface area contributed by atoms with Crippen LogP contribution in [-0.4, -0.2) is 37.0 Å². The van der Waals surface area contributed by atoms with E-state index in [4.69, 9.17) is 5.73 Å². The van der Waals surface area contributed by atoms with Gasteiger partial charge in [-0.1, -0.05) is 26.0 Å². The Labute approximate surface area is 129 Å². The summed E-state index contributed by atoms with van der Waals surface area (Å²) in [6.45, 7) is 9.79. The molecule has 114 valence electrons. The molecule has 2 rings (SSSR count). The van der Waals surface area contributed by atoms with Crippen molar-refractivity contribution in [3.8, 4) is 0 Å². The van der Waals surface area contributed by atoms with Gasteiger partial charge in [-0.15, -0.1) is 11.3 Å². The van der Waals surface area contributed by atoms with Gasteiger partial charge in [-0.2, -0.15) is 0 Å². The molecule has 0 aliphatic heterocycles. The number of carbonyl (C=O) groups excluding carboxylic acids is 1. The SMILES string of the molecule is CCN(CC)CCNC(=O)c1sc2cc(C)ccc2c1N. The number of aryl methyl sites for hydroxylation is 1. The van der Waals surface area contributed by atoms with Crippen LogP contribution in [0, 0.1) is 6.92 Å². The van der Waals surface area contributed by atoms with Gasteiger partial charge < -0.3 is 16.0 Å². The van der Waals surface area contributed by atoms with Crippen LogP contribution in [0.4, 0.5) is 5.69 Å². The van der Waals surface area contributed by atoms with Crippen molar-refractivity contribution in [2.45, 2.75) is 20.8 Å². The lowest BCUT2D eigenvalue weighted by Gasteiger charge is -2.17. The summed E-state index contributed by atoms with van der Waals surface area (Å²) in [4.78, 5) is 15.2. The minimum absolute atomic E-state index is 0.0708. The number of nitrogens with zero attached hydrogens (tertiary/aromatic N) is 1. The highest BCUT2D eigenvalue weighted by Crippen LogP contribution is 2.33. The van der Waals surface area contributed by atoms with E-state index in [1.807, 2.05) is 19.1 Å². The minimum atomic E-state index is -0.0708. The van der Waals surface area contributed by atoms with Crippen LogP contribution in [0.5, 0.6) is 0 Å². The topological polar surface area (TPSA) is 58.4 Å². The van der Waals surface area contributed by atoms with Crippen LogP contribution in [0.25, 0.3) is 10.1 Å². The number of rotatable bonds is 6. The monoisotopic (exact) mass is 305 g/mol. The number of hydrogen-bond donors (Lipinski definition) is 2. The zero-order chi connectivity index (χ0) is 15.4. The van der Waals surface area contributed by atoms with E-state index >= 15 is 0 Å². The maximum atomic E-state index is 12.3. The van der Waals surface area contributed by atoms with Gasteiger partial charge in [0.25, 0.3) is 5.91 Å². The van der Waals surface area contributed by atoms with E-state index in [1.165, 1.54) is 16.9 Å². The Balaban J connectivity index is 2.07. The second-order valence-electron chi connectivity index (χ2n) is 5.13. The van der Waals surface area contributed by atoms with Crippen LogP contribution in [-0.2, 0) is 0 Å². The summed E-state index contributed by atoms with van der Waals surface area (Å²) < 4.78 is 1.07. The summed E-state index contributed by atoms with van der Waals surface area (Å²) in [5.41, 5.74) is 7.88. The third-order valence-electron chi connectivity index (χ3n) is 3.70.